The summed E-state index contributed by atoms with van der Waals surface area (Å²) in [4.78, 5) is 20.2. The van der Waals surface area contributed by atoms with Gasteiger partial charge in [-0.3, -0.25) is 4.79 Å². The summed E-state index contributed by atoms with van der Waals surface area (Å²) in [7, 11) is 0. The second-order valence-electron chi connectivity index (χ2n) is 4.74. The number of anilines is 3. The molecule has 114 valence electrons. The Labute approximate surface area is 132 Å². The Balaban J connectivity index is 1.68. The predicted molar refractivity (Wildman–Crippen MR) is 86.1 cm³/mol. The van der Waals surface area contributed by atoms with Crippen molar-refractivity contribution < 1.29 is 9.18 Å². The van der Waals surface area contributed by atoms with Crippen molar-refractivity contribution in [3.05, 3.63) is 78.5 Å². The third kappa shape index (κ3) is 3.88. The van der Waals surface area contributed by atoms with Gasteiger partial charge in [-0.2, -0.15) is 0 Å². The number of aromatic nitrogens is 2. The van der Waals surface area contributed by atoms with Gasteiger partial charge in [0.1, 0.15) is 17.3 Å². The lowest BCUT2D eigenvalue weighted by atomic mass is 10.3. The number of carbonyl (C=O) groups excluding carboxylic acids is 1. The molecule has 5 nitrogen and oxygen atoms in total. The highest BCUT2D eigenvalue weighted by atomic mass is 19.1. The Morgan fingerprint density at radius 1 is 0.913 bits per heavy atom. The molecule has 0 aliphatic rings. The number of hydrogen-bond acceptors (Lipinski definition) is 4. The summed E-state index contributed by atoms with van der Waals surface area (Å²) in [6.45, 7) is 0. The molecule has 6 heteroatoms. The molecular formula is C17H13FN4O. The largest absolute Gasteiger partial charge is 0.339 e. The molecule has 0 aliphatic carbocycles. The number of para-hydroxylation sites is 1. The maximum Gasteiger partial charge on any atom is 0.275 e. The fourth-order valence-corrected chi connectivity index (χ4v) is 1.94. The van der Waals surface area contributed by atoms with E-state index in [0.717, 1.165) is 5.69 Å². The molecule has 0 radical (unpaired) electrons. The van der Waals surface area contributed by atoms with Gasteiger partial charge in [-0.05, 0) is 30.3 Å². The third-order valence-electron chi connectivity index (χ3n) is 3.01. The number of halogens is 1. The zero-order chi connectivity index (χ0) is 16.1. The smallest absolute Gasteiger partial charge is 0.275 e. The molecule has 0 fully saturated rings. The Morgan fingerprint density at radius 2 is 1.70 bits per heavy atom. The monoisotopic (exact) mass is 308 g/mol. The highest BCUT2D eigenvalue weighted by Gasteiger charge is 2.09. The molecular weight excluding hydrogens is 295 g/mol. The Morgan fingerprint density at radius 3 is 2.39 bits per heavy atom. The van der Waals surface area contributed by atoms with Gasteiger partial charge in [0.2, 0.25) is 0 Å². The lowest BCUT2D eigenvalue weighted by Gasteiger charge is -2.07. The fourth-order valence-electron chi connectivity index (χ4n) is 1.94. The van der Waals surface area contributed by atoms with Crippen molar-refractivity contribution in [2.45, 2.75) is 0 Å². The van der Waals surface area contributed by atoms with Gasteiger partial charge in [-0.15, -0.1) is 0 Å². The molecule has 0 unspecified atom stereocenters. The van der Waals surface area contributed by atoms with Crippen LogP contribution >= 0.6 is 0 Å². The molecule has 1 heterocycles. The second kappa shape index (κ2) is 6.65. The van der Waals surface area contributed by atoms with E-state index in [-0.39, 0.29) is 5.69 Å². The molecule has 1 aromatic heterocycles. The summed E-state index contributed by atoms with van der Waals surface area (Å²) >= 11 is 0. The Bertz CT molecular complexity index is 806. The van der Waals surface area contributed by atoms with E-state index in [2.05, 4.69) is 20.6 Å². The van der Waals surface area contributed by atoms with E-state index in [9.17, 15) is 9.18 Å². The van der Waals surface area contributed by atoms with Gasteiger partial charge in [0.15, 0.2) is 0 Å². The van der Waals surface area contributed by atoms with Gasteiger partial charge in [0.05, 0.1) is 12.4 Å². The minimum absolute atomic E-state index is 0.146. The first-order valence-electron chi connectivity index (χ1n) is 6.92. The average molecular weight is 308 g/mol. The number of carbonyl (C=O) groups is 1. The minimum atomic E-state index is -0.450. The molecule has 0 aliphatic heterocycles. The molecule has 0 spiro atoms. The fraction of sp³-hybridized carbons (Fsp3) is 0. The number of hydrogen-bond donors (Lipinski definition) is 2. The Kier molecular flexibility index (Phi) is 4.24. The van der Waals surface area contributed by atoms with Crippen LogP contribution in [-0.2, 0) is 0 Å². The molecule has 0 saturated heterocycles. The van der Waals surface area contributed by atoms with E-state index >= 15 is 0 Å². The molecule has 2 N–H and O–H groups in total. The van der Waals surface area contributed by atoms with Crippen LogP contribution in [0.25, 0.3) is 0 Å². The van der Waals surface area contributed by atoms with Crippen LogP contribution in [0.5, 0.6) is 0 Å². The minimum Gasteiger partial charge on any atom is -0.339 e. The van der Waals surface area contributed by atoms with E-state index < -0.39 is 11.7 Å². The van der Waals surface area contributed by atoms with Crippen molar-refractivity contribution in [2.75, 3.05) is 10.6 Å². The van der Waals surface area contributed by atoms with Crippen LogP contribution < -0.4 is 10.6 Å². The highest BCUT2D eigenvalue weighted by molar-refractivity contribution is 6.02. The van der Waals surface area contributed by atoms with E-state index in [0.29, 0.717) is 11.5 Å². The summed E-state index contributed by atoms with van der Waals surface area (Å²) in [5, 5.41) is 5.64. The molecule has 0 saturated carbocycles. The lowest BCUT2D eigenvalue weighted by molar-refractivity contribution is 0.102. The standard InChI is InChI=1S/C17H13FN4O/c18-12-5-4-8-14(9-12)22-17(23)15-10-20-16(11-19-15)21-13-6-2-1-3-7-13/h1-11H,(H,20,21)(H,22,23). The van der Waals surface area contributed by atoms with E-state index in [1.165, 1.54) is 30.6 Å². The van der Waals surface area contributed by atoms with Crippen LogP contribution in [0.4, 0.5) is 21.6 Å². The number of benzene rings is 2. The van der Waals surface area contributed by atoms with E-state index in [1.54, 1.807) is 6.07 Å². The van der Waals surface area contributed by atoms with Crippen LogP contribution in [0.15, 0.2) is 67.0 Å². The number of nitrogens with zero attached hydrogens (tertiary/aromatic N) is 2. The first kappa shape index (κ1) is 14.6. The quantitative estimate of drug-likeness (QED) is 0.772. The van der Waals surface area contributed by atoms with Crippen molar-refractivity contribution in [2.24, 2.45) is 0 Å². The average Bonchev–Trinajstić information content (AvgIpc) is 2.56. The van der Waals surface area contributed by atoms with Crippen LogP contribution in [0.1, 0.15) is 10.5 Å². The van der Waals surface area contributed by atoms with E-state index in [4.69, 9.17) is 0 Å². The van der Waals surface area contributed by atoms with Gasteiger partial charge < -0.3 is 10.6 Å². The summed E-state index contributed by atoms with van der Waals surface area (Å²) in [5.41, 5.74) is 1.38. The van der Waals surface area contributed by atoms with Crippen LogP contribution in [0.3, 0.4) is 0 Å². The number of nitrogens with one attached hydrogen (secondary N) is 2. The highest BCUT2D eigenvalue weighted by Crippen LogP contribution is 2.13. The van der Waals surface area contributed by atoms with Crippen LogP contribution in [0.2, 0.25) is 0 Å². The summed E-state index contributed by atoms with van der Waals surface area (Å²) in [5.74, 6) is -0.343. The van der Waals surface area contributed by atoms with Crippen molar-refractivity contribution in [3.63, 3.8) is 0 Å². The van der Waals surface area contributed by atoms with Gasteiger partial charge in [0.25, 0.3) is 5.91 Å². The number of rotatable bonds is 4. The van der Waals surface area contributed by atoms with E-state index in [1.807, 2.05) is 30.3 Å². The van der Waals surface area contributed by atoms with Crippen molar-refractivity contribution >= 4 is 23.1 Å². The van der Waals surface area contributed by atoms with Crippen LogP contribution in [0, 0.1) is 5.82 Å². The molecule has 3 rings (SSSR count). The van der Waals surface area contributed by atoms with Crippen molar-refractivity contribution in [3.8, 4) is 0 Å². The van der Waals surface area contributed by atoms with Gasteiger partial charge in [0, 0.05) is 11.4 Å². The Hall–Kier alpha value is -3.28. The molecule has 0 atom stereocenters. The zero-order valence-electron chi connectivity index (χ0n) is 12.0. The van der Waals surface area contributed by atoms with Gasteiger partial charge >= 0.3 is 0 Å². The maximum atomic E-state index is 13.1. The third-order valence-corrected chi connectivity index (χ3v) is 3.01. The van der Waals surface area contributed by atoms with Gasteiger partial charge in [-0.25, -0.2) is 14.4 Å². The lowest BCUT2D eigenvalue weighted by Crippen LogP contribution is -2.14. The second-order valence-corrected chi connectivity index (χ2v) is 4.74. The SMILES string of the molecule is O=C(Nc1cccc(F)c1)c1cnc(Nc2ccccc2)cn1. The maximum absolute atomic E-state index is 13.1. The molecule has 2 aromatic carbocycles. The molecule has 0 bridgehead atoms. The topological polar surface area (TPSA) is 66.9 Å². The molecule has 23 heavy (non-hydrogen) atoms. The molecule has 1 amide bonds. The van der Waals surface area contributed by atoms with Crippen LogP contribution in [-0.4, -0.2) is 15.9 Å². The first-order chi connectivity index (χ1) is 11.2. The first-order valence-corrected chi connectivity index (χ1v) is 6.92. The van der Waals surface area contributed by atoms with Crippen molar-refractivity contribution in [1.29, 1.82) is 0 Å². The normalized spacial score (nSPS) is 10.1. The summed E-state index contributed by atoms with van der Waals surface area (Å²) < 4.78 is 13.1. The van der Waals surface area contributed by atoms with Gasteiger partial charge in [-0.1, -0.05) is 24.3 Å². The van der Waals surface area contributed by atoms with Crippen molar-refractivity contribution in [1.82, 2.24) is 9.97 Å². The summed E-state index contributed by atoms with van der Waals surface area (Å²) in [6, 6.07) is 15.2. The predicted octanol–water partition coefficient (Wildman–Crippen LogP) is 3.61. The number of amides is 1. The summed E-state index contributed by atoms with van der Waals surface area (Å²) in [6.07, 6.45) is 2.83. The molecule has 3 aromatic rings. The zero-order valence-corrected chi connectivity index (χ0v) is 12.0.